The summed E-state index contributed by atoms with van der Waals surface area (Å²) in [6.07, 6.45) is -0.640. The standard InChI is InChI=1S/C21H23FN6O5/c1-10-16-21(18(29)24-20(31)25-19(21)30)9-11-8-12-15(13(22)14(11)28(16)6-7-32-10)33-26-17(12)27-4-2-23-3-5-27/h8,10,16,23H,2-7,9H2,1H3,(H2,24,25,29,30,31)/t10-,16+/m0/s1. The predicted octanol–water partition coefficient (Wildman–Crippen LogP) is -0.121. The van der Waals surface area contributed by atoms with E-state index in [1.165, 1.54) is 0 Å². The zero-order valence-corrected chi connectivity index (χ0v) is 17.9. The Balaban J connectivity index is 1.55. The van der Waals surface area contributed by atoms with Crippen molar-refractivity contribution in [3.63, 3.8) is 0 Å². The lowest BCUT2D eigenvalue weighted by Crippen LogP contribution is -2.74. The molecule has 2 atom stereocenters. The maximum Gasteiger partial charge on any atom is 0.328 e. The fourth-order valence-corrected chi connectivity index (χ4v) is 5.75. The summed E-state index contributed by atoms with van der Waals surface area (Å²) in [4.78, 5) is 41.9. The van der Waals surface area contributed by atoms with Crippen molar-refractivity contribution in [2.24, 2.45) is 5.41 Å². The van der Waals surface area contributed by atoms with E-state index in [-0.39, 0.29) is 24.2 Å². The Labute approximate surface area is 187 Å². The highest BCUT2D eigenvalue weighted by molar-refractivity contribution is 6.20. The quantitative estimate of drug-likeness (QED) is 0.501. The average molecular weight is 458 g/mol. The molecule has 1 aromatic heterocycles. The number of aromatic nitrogens is 1. The lowest BCUT2D eigenvalue weighted by atomic mass is 9.66. The predicted molar refractivity (Wildman–Crippen MR) is 113 cm³/mol. The number of imide groups is 2. The second-order valence-electron chi connectivity index (χ2n) is 8.92. The summed E-state index contributed by atoms with van der Waals surface area (Å²) in [7, 11) is 0. The van der Waals surface area contributed by atoms with Crippen LogP contribution in [0, 0.1) is 11.2 Å². The Kier molecular flexibility index (Phi) is 4.40. The average Bonchev–Trinajstić information content (AvgIpc) is 3.22. The number of nitrogens with zero attached hydrogens (tertiary/aromatic N) is 3. The van der Waals surface area contributed by atoms with E-state index in [0.29, 0.717) is 36.5 Å². The van der Waals surface area contributed by atoms with Gasteiger partial charge >= 0.3 is 6.03 Å². The zero-order valence-electron chi connectivity index (χ0n) is 17.9. The number of anilines is 2. The Morgan fingerprint density at radius 1 is 1.15 bits per heavy atom. The molecule has 1 spiro atoms. The van der Waals surface area contributed by atoms with Gasteiger partial charge in [0.1, 0.15) is 0 Å². The fraction of sp³-hybridized carbons (Fsp3) is 0.524. The molecule has 1 aromatic carbocycles. The van der Waals surface area contributed by atoms with Gasteiger partial charge in [-0.05, 0) is 18.6 Å². The molecule has 12 heteroatoms. The number of morpholine rings is 1. The van der Waals surface area contributed by atoms with Crippen LogP contribution >= 0.6 is 0 Å². The van der Waals surface area contributed by atoms with Crippen molar-refractivity contribution in [1.82, 2.24) is 21.1 Å². The summed E-state index contributed by atoms with van der Waals surface area (Å²) in [5, 5.41) is 12.4. The molecule has 11 nitrogen and oxygen atoms in total. The molecule has 6 rings (SSSR count). The van der Waals surface area contributed by atoms with Crippen molar-refractivity contribution < 1.29 is 28.0 Å². The number of halogens is 1. The van der Waals surface area contributed by atoms with E-state index in [1.54, 1.807) is 17.9 Å². The first-order valence-corrected chi connectivity index (χ1v) is 11.0. The molecular weight excluding hydrogens is 435 g/mol. The van der Waals surface area contributed by atoms with Gasteiger partial charge in [0.2, 0.25) is 17.4 Å². The number of carbonyl (C=O) groups is 3. The van der Waals surface area contributed by atoms with Gasteiger partial charge in [-0.25, -0.2) is 9.18 Å². The van der Waals surface area contributed by atoms with E-state index < -0.39 is 41.2 Å². The van der Waals surface area contributed by atoms with E-state index in [9.17, 15) is 14.4 Å². The van der Waals surface area contributed by atoms with E-state index in [2.05, 4.69) is 21.1 Å². The van der Waals surface area contributed by atoms with Crippen LogP contribution in [-0.2, 0) is 20.7 Å². The molecular formula is C21H23FN6O5. The summed E-state index contributed by atoms with van der Waals surface area (Å²) in [6, 6.07) is 0.102. The first-order chi connectivity index (χ1) is 15.9. The van der Waals surface area contributed by atoms with Gasteiger partial charge in [0.05, 0.1) is 29.8 Å². The SMILES string of the molecule is C[C@@H]1OCCN2c3c(cc4c(N5CCNCC5)noc4c3F)CC3(C(=O)NC(=O)NC3=O)[C@@H]12. The number of urea groups is 1. The van der Waals surface area contributed by atoms with E-state index in [4.69, 9.17) is 9.26 Å². The Hall–Kier alpha value is -3.25. The van der Waals surface area contributed by atoms with Crippen LogP contribution in [0.1, 0.15) is 12.5 Å². The molecule has 2 aromatic rings. The highest BCUT2D eigenvalue weighted by atomic mass is 19.1. The Morgan fingerprint density at radius 2 is 1.88 bits per heavy atom. The molecule has 33 heavy (non-hydrogen) atoms. The number of benzene rings is 1. The number of fused-ring (bicyclic) bond motifs is 5. The van der Waals surface area contributed by atoms with Crippen LogP contribution in [-0.4, -0.2) is 74.5 Å². The molecule has 0 saturated carbocycles. The van der Waals surface area contributed by atoms with Gasteiger partial charge in [0.15, 0.2) is 17.1 Å². The number of nitrogens with one attached hydrogen (secondary N) is 3. The van der Waals surface area contributed by atoms with Crippen molar-refractivity contribution in [3.8, 4) is 0 Å². The van der Waals surface area contributed by atoms with Gasteiger partial charge in [-0.15, -0.1) is 0 Å². The molecule has 3 saturated heterocycles. The number of carbonyl (C=O) groups excluding carboxylic acids is 3. The van der Waals surface area contributed by atoms with E-state index >= 15 is 4.39 Å². The third-order valence-electron chi connectivity index (χ3n) is 7.17. The van der Waals surface area contributed by atoms with Crippen LogP contribution in [0.2, 0.25) is 0 Å². The maximum absolute atomic E-state index is 15.9. The first-order valence-electron chi connectivity index (χ1n) is 11.0. The summed E-state index contributed by atoms with van der Waals surface area (Å²) in [6.45, 7) is 5.25. The molecule has 4 aliphatic rings. The molecule has 174 valence electrons. The smallest absolute Gasteiger partial charge is 0.328 e. The Morgan fingerprint density at radius 3 is 2.61 bits per heavy atom. The lowest BCUT2D eigenvalue weighted by Gasteiger charge is -2.54. The van der Waals surface area contributed by atoms with Gasteiger partial charge in [0, 0.05) is 39.1 Å². The minimum Gasteiger partial charge on any atom is -0.374 e. The molecule has 4 aliphatic heterocycles. The molecule has 0 aliphatic carbocycles. The van der Waals surface area contributed by atoms with Crippen molar-refractivity contribution in [1.29, 1.82) is 0 Å². The minimum atomic E-state index is -1.65. The van der Waals surface area contributed by atoms with E-state index in [1.807, 2.05) is 4.90 Å². The number of hydrogen-bond donors (Lipinski definition) is 3. The van der Waals surface area contributed by atoms with Gasteiger partial charge in [0.25, 0.3) is 0 Å². The Bertz CT molecular complexity index is 1170. The van der Waals surface area contributed by atoms with E-state index in [0.717, 1.165) is 13.1 Å². The van der Waals surface area contributed by atoms with Crippen LogP contribution in [0.5, 0.6) is 0 Å². The normalized spacial score (nSPS) is 26.8. The van der Waals surface area contributed by atoms with Crippen LogP contribution in [0.25, 0.3) is 11.0 Å². The molecule has 5 heterocycles. The van der Waals surface area contributed by atoms with Crippen LogP contribution in [0.3, 0.4) is 0 Å². The van der Waals surface area contributed by atoms with Crippen molar-refractivity contribution in [2.75, 3.05) is 49.1 Å². The minimum absolute atomic E-state index is 0.0452. The number of barbiturate groups is 1. The van der Waals surface area contributed by atoms with Gasteiger partial charge in [-0.2, -0.15) is 0 Å². The third kappa shape index (κ3) is 2.73. The number of ether oxygens (including phenoxy) is 1. The summed E-state index contributed by atoms with van der Waals surface area (Å²) in [5.74, 6) is -1.45. The number of hydrogen-bond acceptors (Lipinski definition) is 9. The molecule has 3 fully saturated rings. The third-order valence-corrected chi connectivity index (χ3v) is 7.17. The molecule has 4 amide bonds. The van der Waals surface area contributed by atoms with Crippen molar-refractivity contribution in [2.45, 2.75) is 25.5 Å². The van der Waals surface area contributed by atoms with Gasteiger partial charge < -0.3 is 24.4 Å². The lowest BCUT2D eigenvalue weighted by molar-refractivity contribution is -0.151. The second-order valence-corrected chi connectivity index (χ2v) is 8.92. The van der Waals surface area contributed by atoms with Gasteiger partial charge in [-0.3, -0.25) is 20.2 Å². The first kappa shape index (κ1) is 20.4. The monoisotopic (exact) mass is 458 g/mol. The van der Waals surface area contributed by atoms with Crippen molar-refractivity contribution in [3.05, 3.63) is 17.4 Å². The molecule has 3 N–H and O–H groups in total. The van der Waals surface area contributed by atoms with Crippen molar-refractivity contribution >= 4 is 40.3 Å². The topological polar surface area (TPSA) is 129 Å². The summed E-state index contributed by atoms with van der Waals surface area (Å²) < 4.78 is 27.2. The highest BCUT2D eigenvalue weighted by Gasteiger charge is 2.62. The summed E-state index contributed by atoms with van der Waals surface area (Å²) >= 11 is 0. The highest BCUT2D eigenvalue weighted by Crippen LogP contribution is 2.49. The molecule has 0 bridgehead atoms. The van der Waals surface area contributed by atoms with Crippen LogP contribution in [0.4, 0.5) is 20.7 Å². The fourth-order valence-electron chi connectivity index (χ4n) is 5.75. The summed E-state index contributed by atoms with van der Waals surface area (Å²) in [5.41, 5.74) is -0.824. The number of rotatable bonds is 1. The van der Waals surface area contributed by atoms with Gasteiger partial charge in [-0.1, -0.05) is 5.16 Å². The van der Waals surface area contributed by atoms with Crippen LogP contribution in [0.15, 0.2) is 10.6 Å². The molecule has 0 radical (unpaired) electrons. The largest absolute Gasteiger partial charge is 0.374 e. The number of amides is 4. The maximum atomic E-state index is 15.9. The second kappa shape index (κ2) is 7.12. The zero-order chi connectivity index (χ0) is 22.9. The number of piperazine rings is 1. The molecule has 0 unspecified atom stereocenters. The van der Waals surface area contributed by atoms with Crippen LogP contribution < -0.4 is 25.8 Å².